The van der Waals surface area contributed by atoms with Gasteiger partial charge in [-0.15, -0.1) is 11.8 Å². The summed E-state index contributed by atoms with van der Waals surface area (Å²) in [6, 6.07) is 6.03. The molecule has 1 aromatic carbocycles. The van der Waals surface area contributed by atoms with E-state index in [0.29, 0.717) is 11.4 Å². The summed E-state index contributed by atoms with van der Waals surface area (Å²) in [5.41, 5.74) is 6.28. The van der Waals surface area contributed by atoms with Crippen LogP contribution in [-0.4, -0.2) is 29.6 Å². The third-order valence-electron chi connectivity index (χ3n) is 2.45. The molecular weight excluding hydrogens is 252 g/mol. The number of thioether (sulfide) groups is 1. The first-order valence-corrected chi connectivity index (χ1v) is 6.59. The third-order valence-corrected chi connectivity index (χ3v) is 3.39. The van der Waals surface area contributed by atoms with Crippen LogP contribution in [0.1, 0.15) is 0 Å². The number of primary amides is 1. The molecule has 0 aliphatic carbocycles. The molecule has 0 aromatic heterocycles. The fourth-order valence-electron chi connectivity index (χ4n) is 1.57. The molecular formula is C11H14N4O2S. The third kappa shape index (κ3) is 3.38. The van der Waals surface area contributed by atoms with Crippen molar-refractivity contribution >= 4 is 35.1 Å². The van der Waals surface area contributed by atoms with Crippen LogP contribution in [0.2, 0.25) is 0 Å². The second-order valence-electron chi connectivity index (χ2n) is 3.83. The summed E-state index contributed by atoms with van der Waals surface area (Å²) in [6.45, 7) is 0. The number of hydrogen-bond acceptors (Lipinski definition) is 4. The van der Waals surface area contributed by atoms with E-state index in [1.807, 2.05) is 0 Å². The second-order valence-corrected chi connectivity index (χ2v) is 4.86. The molecule has 1 saturated heterocycles. The number of urea groups is 1. The van der Waals surface area contributed by atoms with Gasteiger partial charge < -0.3 is 16.4 Å². The topological polar surface area (TPSA) is 96.2 Å². The minimum atomic E-state index is -0.612. The van der Waals surface area contributed by atoms with Gasteiger partial charge in [-0.2, -0.15) is 0 Å². The minimum absolute atomic E-state index is 0.0457. The number of carbonyl (C=O) groups excluding carboxylic acids is 2. The second kappa shape index (κ2) is 5.74. The van der Waals surface area contributed by atoms with Gasteiger partial charge in [0.15, 0.2) is 0 Å². The van der Waals surface area contributed by atoms with E-state index in [2.05, 4.69) is 16.0 Å². The molecule has 1 aliphatic heterocycles. The molecule has 0 spiro atoms. The summed E-state index contributed by atoms with van der Waals surface area (Å²) in [7, 11) is 0. The van der Waals surface area contributed by atoms with Gasteiger partial charge in [0.1, 0.15) is 0 Å². The lowest BCUT2D eigenvalue weighted by Crippen LogP contribution is -2.37. The normalized spacial score (nSPS) is 18.3. The first-order valence-electron chi connectivity index (χ1n) is 5.43. The van der Waals surface area contributed by atoms with Gasteiger partial charge in [-0.1, -0.05) is 0 Å². The number of amides is 3. The Morgan fingerprint density at radius 1 is 1.22 bits per heavy atom. The van der Waals surface area contributed by atoms with Gasteiger partial charge in [0.05, 0.1) is 6.04 Å². The van der Waals surface area contributed by atoms with E-state index in [4.69, 9.17) is 5.73 Å². The highest BCUT2D eigenvalue weighted by Gasteiger charge is 2.22. The molecule has 96 valence electrons. The van der Waals surface area contributed by atoms with Crippen molar-refractivity contribution in [2.75, 3.05) is 22.3 Å². The van der Waals surface area contributed by atoms with Gasteiger partial charge in [-0.25, -0.2) is 4.79 Å². The zero-order chi connectivity index (χ0) is 13.0. The molecule has 1 heterocycles. The Bertz CT molecular complexity index is 443. The Labute approximate surface area is 109 Å². The molecule has 1 aromatic rings. The van der Waals surface area contributed by atoms with E-state index in [-0.39, 0.29) is 11.9 Å². The zero-order valence-electron chi connectivity index (χ0n) is 9.60. The van der Waals surface area contributed by atoms with Crippen LogP contribution in [0, 0.1) is 0 Å². The fraction of sp³-hybridized carbons (Fsp3) is 0.273. The summed E-state index contributed by atoms with van der Waals surface area (Å²) < 4.78 is 0. The van der Waals surface area contributed by atoms with Gasteiger partial charge in [0, 0.05) is 23.0 Å². The lowest BCUT2D eigenvalue weighted by atomic mass is 10.2. The SMILES string of the molecule is NC(=O)Nc1ccc(NC(=O)C2CSCN2)cc1. The highest BCUT2D eigenvalue weighted by molar-refractivity contribution is 7.99. The van der Waals surface area contributed by atoms with E-state index < -0.39 is 6.03 Å². The molecule has 0 bridgehead atoms. The Morgan fingerprint density at radius 3 is 2.33 bits per heavy atom. The van der Waals surface area contributed by atoms with E-state index in [9.17, 15) is 9.59 Å². The minimum Gasteiger partial charge on any atom is -0.351 e. The summed E-state index contributed by atoms with van der Waals surface area (Å²) in [4.78, 5) is 22.4. The predicted octanol–water partition coefficient (Wildman–Crippen LogP) is 0.778. The monoisotopic (exact) mass is 266 g/mol. The van der Waals surface area contributed by atoms with E-state index >= 15 is 0 Å². The molecule has 18 heavy (non-hydrogen) atoms. The predicted molar refractivity (Wildman–Crippen MR) is 72.5 cm³/mol. The van der Waals surface area contributed by atoms with Crippen molar-refractivity contribution in [3.8, 4) is 0 Å². The number of anilines is 2. The molecule has 1 atom stereocenters. The highest BCUT2D eigenvalue weighted by atomic mass is 32.2. The van der Waals surface area contributed by atoms with Gasteiger partial charge in [-0.3, -0.25) is 10.1 Å². The molecule has 1 aliphatic rings. The van der Waals surface area contributed by atoms with Crippen LogP contribution >= 0.6 is 11.8 Å². The summed E-state index contributed by atoms with van der Waals surface area (Å²) in [5, 5.41) is 8.35. The number of carbonyl (C=O) groups is 2. The fourth-order valence-corrected chi connectivity index (χ4v) is 2.51. The van der Waals surface area contributed by atoms with Crippen LogP contribution in [0.4, 0.5) is 16.2 Å². The number of rotatable bonds is 3. The van der Waals surface area contributed by atoms with Crippen LogP contribution in [0.5, 0.6) is 0 Å². The van der Waals surface area contributed by atoms with Crippen molar-refractivity contribution in [2.24, 2.45) is 5.73 Å². The molecule has 7 heteroatoms. The Morgan fingerprint density at radius 2 is 1.83 bits per heavy atom. The van der Waals surface area contributed by atoms with Crippen molar-refractivity contribution in [2.45, 2.75) is 6.04 Å². The van der Waals surface area contributed by atoms with Crippen molar-refractivity contribution in [1.82, 2.24) is 5.32 Å². The van der Waals surface area contributed by atoms with Crippen molar-refractivity contribution in [1.29, 1.82) is 0 Å². The lowest BCUT2D eigenvalue weighted by Gasteiger charge is -2.10. The van der Waals surface area contributed by atoms with Crippen LogP contribution in [0.15, 0.2) is 24.3 Å². The number of hydrogen-bond donors (Lipinski definition) is 4. The van der Waals surface area contributed by atoms with Gasteiger partial charge in [-0.05, 0) is 24.3 Å². The quantitative estimate of drug-likeness (QED) is 0.650. The molecule has 1 fully saturated rings. The van der Waals surface area contributed by atoms with Crippen LogP contribution < -0.4 is 21.7 Å². The molecule has 0 saturated carbocycles. The molecule has 6 nitrogen and oxygen atoms in total. The lowest BCUT2D eigenvalue weighted by molar-refractivity contribution is -0.117. The van der Waals surface area contributed by atoms with E-state index in [1.165, 1.54) is 0 Å². The first kappa shape index (κ1) is 12.7. The molecule has 0 radical (unpaired) electrons. The number of nitrogens with two attached hydrogens (primary N) is 1. The largest absolute Gasteiger partial charge is 0.351 e. The van der Waals surface area contributed by atoms with Gasteiger partial charge >= 0.3 is 6.03 Å². The standard InChI is InChI=1S/C11H14N4O2S/c12-11(17)15-8-3-1-7(2-4-8)14-10(16)9-5-18-6-13-9/h1-4,9,13H,5-6H2,(H,14,16)(H3,12,15,17). The molecule has 3 amide bonds. The van der Waals surface area contributed by atoms with Crippen molar-refractivity contribution < 1.29 is 9.59 Å². The average molecular weight is 266 g/mol. The Balaban J connectivity index is 1.93. The van der Waals surface area contributed by atoms with Crippen LogP contribution in [0.25, 0.3) is 0 Å². The zero-order valence-corrected chi connectivity index (χ0v) is 10.4. The average Bonchev–Trinajstić information content (AvgIpc) is 2.84. The molecule has 5 N–H and O–H groups in total. The maximum atomic E-state index is 11.8. The molecule has 1 unspecified atom stereocenters. The smallest absolute Gasteiger partial charge is 0.316 e. The highest BCUT2D eigenvalue weighted by Crippen LogP contribution is 2.15. The van der Waals surface area contributed by atoms with E-state index in [0.717, 1.165) is 11.6 Å². The van der Waals surface area contributed by atoms with Crippen LogP contribution in [0.3, 0.4) is 0 Å². The summed E-state index contributed by atoms with van der Waals surface area (Å²) in [6.07, 6.45) is 0. The Kier molecular flexibility index (Phi) is 4.06. The van der Waals surface area contributed by atoms with Crippen molar-refractivity contribution in [3.05, 3.63) is 24.3 Å². The van der Waals surface area contributed by atoms with E-state index in [1.54, 1.807) is 36.0 Å². The van der Waals surface area contributed by atoms with Gasteiger partial charge in [0.25, 0.3) is 0 Å². The number of nitrogens with one attached hydrogen (secondary N) is 3. The van der Waals surface area contributed by atoms with Gasteiger partial charge in [0.2, 0.25) is 5.91 Å². The first-order chi connectivity index (χ1) is 8.65. The maximum absolute atomic E-state index is 11.8. The summed E-state index contributed by atoms with van der Waals surface area (Å²) in [5.74, 6) is 1.54. The maximum Gasteiger partial charge on any atom is 0.316 e. The molecule has 2 rings (SSSR count). The summed E-state index contributed by atoms with van der Waals surface area (Å²) >= 11 is 1.70. The van der Waals surface area contributed by atoms with Crippen molar-refractivity contribution in [3.63, 3.8) is 0 Å². The Hall–Kier alpha value is -1.73. The number of benzene rings is 1. The van der Waals surface area contributed by atoms with Crippen LogP contribution in [-0.2, 0) is 4.79 Å².